The van der Waals surface area contributed by atoms with Gasteiger partial charge >= 0.3 is 0 Å². The summed E-state index contributed by atoms with van der Waals surface area (Å²) in [5.74, 6) is -0.491. The minimum atomic E-state index is -0.718. The average Bonchev–Trinajstić information content (AvgIpc) is 3.10. The van der Waals surface area contributed by atoms with Gasteiger partial charge in [-0.2, -0.15) is 0 Å². The molecule has 3 aromatic rings. The lowest BCUT2D eigenvalue weighted by Gasteiger charge is -2.32. The number of nitrogens with one attached hydrogen (secondary N) is 1. The summed E-state index contributed by atoms with van der Waals surface area (Å²) in [5.41, 5.74) is 1.82. The topological polar surface area (TPSA) is 69.7 Å². The fourth-order valence-electron chi connectivity index (χ4n) is 4.62. The molecule has 1 heterocycles. The molecule has 0 aromatic heterocycles. The lowest BCUT2D eigenvalue weighted by molar-refractivity contribution is -0.141. The van der Waals surface area contributed by atoms with Gasteiger partial charge in [0.25, 0.3) is 5.91 Å². The molecule has 3 amide bonds. The maximum atomic E-state index is 13.5. The van der Waals surface area contributed by atoms with Gasteiger partial charge in [0.2, 0.25) is 11.8 Å². The van der Waals surface area contributed by atoms with Gasteiger partial charge in [0, 0.05) is 46.0 Å². The molecular weight excluding hydrogens is 509 g/mol. The van der Waals surface area contributed by atoms with Crippen LogP contribution in [0.2, 0.25) is 10.0 Å². The van der Waals surface area contributed by atoms with E-state index in [1.165, 1.54) is 4.90 Å². The Morgan fingerprint density at radius 3 is 2.43 bits per heavy atom. The van der Waals surface area contributed by atoms with Crippen molar-refractivity contribution in [2.45, 2.75) is 58.7 Å². The fraction of sp³-hybridized carbons (Fsp3) is 0.345. The van der Waals surface area contributed by atoms with E-state index in [-0.39, 0.29) is 30.7 Å². The van der Waals surface area contributed by atoms with Crippen LogP contribution >= 0.6 is 23.2 Å². The Kier molecular flexibility index (Phi) is 7.81. The van der Waals surface area contributed by atoms with Crippen LogP contribution in [-0.4, -0.2) is 40.7 Å². The summed E-state index contributed by atoms with van der Waals surface area (Å²) in [6, 6.07) is 16.0. The standard InChI is InChI=1S/C29H31Cl2N3O3/c1-18(27(36)32-29(2,3)4)34(17-20-13-14-21(30)16-23(20)31)25(35)12-7-15-33-24-11-6-9-19-8-5-10-22(26(19)24)28(33)37/h5-6,8-11,13-14,16,18H,7,12,15,17H2,1-4H3,(H,32,36). The van der Waals surface area contributed by atoms with Gasteiger partial charge in [0.05, 0.1) is 5.69 Å². The summed E-state index contributed by atoms with van der Waals surface area (Å²) in [6.45, 7) is 7.96. The normalized spacial score (nSPS) is 13.7. The Bertz CT molecular complexity index is 1360. The van der Waals surface area contributed by atoms with Crippen molar-refractivity contribution in [1.82, 2.24) is 10.2 Å². The first kappa shape index (κ1) is 27.0. The minimum absolute atomic E-state index is 0.0537. The van der Waals surface area contributed by atoms with Crippen molar-refractivity contribution in [3.63, 3.8) is 0 Å². The number of hydrogen-bond donors (Lipinski definition) is 1. The number of amides is 3. The van der Waals surface area contributed by atoms with Crippen molar-refractivity contribution >= 4 is 57.4 Å². The molecule has 1 N–H and O–H groups in total. The summed E-state index contributed by atoms with van der Waals surface area (Å²) < 4.78 is 0. The van der Waals surface area contributed by atoms with Gasteiger partial charge in [-0.05, 0) is 69.3 Å². The highest BCUT2D eigenvalue weighted by Gasteiger charge is 2.31. The Morgan fingerprint density at radius 1 is 1.05 bits per heavy atom. The molecule has 4 rings (SSSR count). The number of hydrogen-bond acceptors (Lipinski definition) is 3. The van der Waals surface area contributed by atoms with Gasteiger partial charge < -0.3 is 15.1 Å². The van der Waals surface area contributed by atoms with Crippen LogP contribution in [0.4, 0.5) is 5.69 Å². The molecule has 0 bridgehead atoms. The zero-order valence-corrected chi connectivity index (χ0v) is 23.0. The predicted molar refractivity (Wildman–Crippen MR) is 149 cm³/mol. The first-order valence-corrected chi connectivity index (χ1v) is 13.1. The Morgan fingerprint density at radius 2 is 1.76 bits per heavy atom. The number of benzene rings is 3. The van der Waals surface area contributed by atoms with Crippen LogP contribution in [0.1, 0.15) is 56.5 Å². The molecule has 3 aromatic carbocycles. The quantitative estimate of drug-likeness (QED) is 0.369. The Labute approximate surface area is 227 Å². The highest BCUT2D eigenvalue weighted by molar-refractivity contribution is 6.35. The maximum Gasteiger partial charge on any atom is 0.258 e. The van der Waals surface area contributed by atoms with Crippen molar-refractivity contribution in [1.29, 1.82) is 0 Å². The molecule has 8 heteroatoms. The van der Waals surface area contributed by atoms with Gasteiger partial charge in [-0.1, -0.05) is 53.5 Å². The maximum absolute atomic E-state index is 13.5. The number of rotatable bonds is 8. The monoisotopic (exact) mass is 539 g/mol. The molecule has 0 saturated heterocycles. The van der Waals surface area contributed by atoms with Crippen LogP contribution in [0.15, 0.2) is 54.6 Å². The fourth-order valence-corrected chi connectivity index (χ4v) is 5.09. The van der Waals surface area contributed by atoms with Crippen LogP contribution < -0.4 is 10.2 Å². The summed E-state index contributed by atoms with van der Waals surface area (Å²) in [7, 11) is 0. The van der Waals surface area contributed by atoms with Crippen molar-refractivity contribution in [3.8, 4) is 0 Å². The molecule has 1 aliphatic heterocycles. The summed E-state index contributed by atoms with van der Waals surface area (Å²) in [5, 5.41) is 5.85. The second kappa shape index (κ2) is 10.7. The predicted octanol–water partition coefficient (Wildman–Crippen LogP) is 6.22. The van der Waals surface area contributed by atoms with Crippen molar-refractivity contribution in [2.24, 2.45) is 0 Å². The molecule has 0 fully saturated rings. The number of nitrogens with zero attached hydrogens (tertiary/aromatic N) is 2. The second-order valence-electron chi connectivity index (χ2n) is 10.4. The molecule has 194 valence electrons. The SMILES string of the molecule is CC(C(=O)NC(C)(C)C)N(Cc1ccc(Cl)cc1Cl)C(=O)CCCN1C(=O)c2cccc3cccc1c23. The van der Waals surface area contributed by atoms with Gasteiger partial charge in [-0.25, -0.2) is 0 Å². The first-order valence-electron chi connectivity index (χ1n) is 12.4. The van der Waals surface area contributed by atoms with Crippen LogP contribution in [0.3, 0.4) is 0 Å². The summed E-state index contributed by atoms with van der Waals surface area (Å²) in [4.78, 5) is 42.8. The van der Waals surface area contributed by atoms with E-state index in [9.17, 15) is 14.4 Å². The summed E-state index contributed by atoms with van der Waals surface area (Å²) >= 11 is 12.4. The lowest BCUT2D eigenvalue weighted by Crippen LogP contribution is -2.52. The molecule has 0 saturated carbocycles. The molecule has 0 radical (unpaired) electrons. The molecule has 0 aliphatic carbocycles. The van der Waals surface area contributed by atoms with Crippen molar-refractivity contribution in [2.75, 3.05) is 11.4 Å². The Balaban J connectivity index is 1.49. The largest absolute Gasteiger partial charge is 0.350 e. The molecule has 6 nitrogen and oxygen atoms in total. The molecule has 1 unspecified atom stereocenters. The zero-order chi connectivity index (χ0) is 26.9. The van der Waals surface area contributed by atoms with E-state index in [4.69, 9.17) is 23.2 Å². The van der Waals surface area contributed by atoms with Crippen LogP contribution in [0, 0.1) is 0 Å². The van der Waals surface area contributed by atoms with Gasteiger partial charge in [0.1, 0.15) is 6.04 Å². The third-order valence-electron chi connectivity index (χ3n) is 6.44. The highest BCUT2D eigenvalue weighted by Crippen LogP contribution is 2.37. The van der Waals surface area contributed by atoms with Crippen LogP contribution in [-0.2, 0) is 16.1 Å². The van der Waals surface area contributed by atoms with E-state index in [1.54, 1.807) is 30.0 Å². The van der Waals surface area contributed by atoms with Crippen LogP contribution in [0.25, 0.3) is 10.8 Å². The molecule has 37 heavy (non-hydrogen) atoms. The molecule has 0 spiro atoms. The van der Waals surface area contributed by atoms with Gasteiger partial charge in [-0.3, -0.25) is 14.4 Å². The number of anilines is 1. The Hall–Kier alpha value is -3.09. The smallest absolute Gasteiger partial charge is 0.258 e. The number of halogens is 2. The molecule has 1 aliphatic rings. The van der Waals surface area contributed by atoms with Gasteiger partial charge in [0.15, 0.2) is 0 Å². The average molecular weight is 540 g/mol. The first-order chi connectivity index (χ1) is 17.5. The van der Waals surface area contributed by atoms with E-state index in [0.717, 1.165) is 16.5 Å². The molecule has 1 atom stereocenters. The minimum Gasteiger partial charge on any atom is -0.350 e. The number of carbonyl (C=O) groups excluding carboxylic acids is 3. The van der Waals surface area contributed by atoms with E-state index in [0.29, 0.717) is 34.1 Å². The highest BCUT2D eigenvalue weighted by atomic mass is 35.5. The summed E-state index contributed by atoms with van der Waals surface area (Å²) in [6.07, 6.45) is 0.627. The third-order valence-corrected chi connectivity index (χ3v) is 7.03. The molecular formula is C29H31Cl2N3O3. The number of carbonyl (C=O) groups is 3. The lowest BCUT2D eigenvalue weighted by atomic mass is 10.1. The van der Waals surface area contributed by atoms with Crippen molar-refractivity contribution in [3.05, 3.63) is 75.8 Å². The van der Waals surface area contributed by atoms with E-state index >= 15 is 0 Å². The van der Waals surface area contributed by atoms with E-state index in [2.05, 4.69) is 5.32 Å². The second-order valence-corrected chi connectivity index (χ2v) is 11.3. The zero-order valence-electron chi connectivity index (χ0n) is 21.5. The third kappa shape index (κ3) is 5.91. The van der Waals surface area contributed by atoms with Crippen molar-refractivity contribution < 1.29 is 14.4 Å². The van der Waals surface area contributed by atoms with Gasteiger partial charge in [-0.15, -0.1) is 0 Å². The van der Waals surface area contributed by atoms with E-state index in [1.807, 2.05) is 57.2 Å². The van der Waals surface area contributed by atoms with Crippen LogP contribution in [0.5, 0.6) is 0 Å². The van der Waals surface area contributed by atoms with E-state index < -0.39 is 11.6 Å².